The molecule has 0 spiro atoms. The number of hydrogen-bond acceptors (Lipinski definition) is 10. The third-order valence-electron chi connectivity index (χ3n) is 5.85. The fourth-order valence-electron chi connectivity index (χ4n) is 4.22. The van der Waals surface area contributed by atoms with Crippen LogP contribution in [0.1, 0.15) is 37.9 Å². The summed E-state index contributed by atoms with van der Waals surface area (Å²) in [6.07, 6.45) is 1.58. The number of aromatic nitrogens is 1. The molecule has 4 rings (SSSR count). The first-order valence-corrected chi connectivity index (χ1v) is 14.0. The molecule has 39 heavy (non-hydrogen) atoms. The van der Waals surface area contributed by atoms with Gasteiger partial charge in [-0.05, 0) is 56.2 Å². The highest BCUT2D eigenvalue weighted by molar-refractivity contribution is 7.99. The van der Waals surface area contributed by atoms with Gasteiger partial charge < -0.3 is 14.6 Å². The zero-order valence-electron chi connectivity index (χ0n) is 21.6. The van der Waals surface area contributed by atoms with E-state index < -0.39 is 16.9 Å². The standard InChI is InChI=1S/C27H27N3O7S2/c1-4-36-19-9-7-18(8-10-19)24-23(26(33)37-5-2)16(3)28-27-29(24)25(32)22(39-27)15-17-6-11-21(38-13-12-31)20(14-17)30(34)35/h6-11,14-15,24,31H,4-5,12-13H2,1-3H3/b22-15+/t24-/m1/s1. The third-order valence-corrected chi connectivity index (χ3v) is 7.88. The van der Waals surface area contributed by atoms with Crippen LogP contribution >= 0.6 is 23.1 Å². The van der Waals surface area contributed by atoms with Crippen molar-refractivity contribution in [2.75, 3.05) is 25.6 Å². The molecule has 1 aliphatic rings. The Morgan fingerprint density at radius 2 is 1.97 bits per heavy atom. The molecule has 0 bridgehead atoms. The molecule has 0 fully saturated rings. The van der Waals surface area contributed by atoms with E-state index in [1.807, 2.05) is 6.92 Å². The first kappa shape index (κ1) is 28.3. The van der Waals surface area contributed by atoms with Crippen LogP contribution in [-0.4, -0.2) is 46.1 Å². The molecule has 0 amide bonds. The molecule has 2 heterocycles. The van der Waals surface area contributed by atoms with Gasteiger partial charge in [-0.15, -0.1) is 11.8 Å². The predicted molar refractivity (Wildman–Crippen MR) is 149 cm³/mol. The van der Waals surface area contributed by atoms with Crippen molar-refractivity contribution < 1.29 is 24.3 Å². The van der Waals surface area contributed by atoms with Crippen molar-refractivity contribution >= 4 is 40.8 Å². The Morgan fingerprint density at radius 1 is 1.23 bits per heavy atom. The molecule has 3 aromatic rings. The summed E-state index contributed by atoms with van der Waals surface area (Å²) in [7, 11) is 0. The number of carbonyl (C=O) groups excluding carboxylic acids is 1. The van der Waals surface area contributed by atoms with Crippen molar-refractivity contribution in [2.45, 2.75) is 31.7 Å². The molecule has 12 heteroatoms. The topological polar surface area (TPSA) is 133 Å². The summed E-state index contributed by atoms with van der Waals surface area (Å²) in [5.74, 6) is 0.430. The van der Waals surface area contributed by atoms with E-state index in [4.69, 9.17) is 14.6 Å². The van der Waals surface area contributed by atoms with E-state index in [0.717, 1.165) is 11.3 Å². The number of hydrogen-bond donors (Lipinski definition) is 1. The summed E-state index contributed by atoms with van der Waals surface area (Å²) in [6, 6.07) is 11.1. The molecule has 1 aromatic heterocycles. The van der Waals surface area contributed by atoms with Crippen LogP contribution in [0.5, 0.6) is 5.75 Å². The SMILES string of the molecule is CCOC(=O)C1=C(C)N=c2s/c(=C/c3ccc(SCCO)c([N+](=O)[O-])c3)c(=O)n2[C@@H]1c1ccc(OCC)cc1. The summed E-state index contributed by atoms with van der Waals surface area (Å²) in [6.45, 7) is 5.86. The lowest BCUT2D eigenvalue weighted by Crippen LogP contribution is -2.39. The number of benzene rings is 2. The van der Waals surface area contributed by atoms with Crippen LogP contribution < -0.4 is 19.6 Å². The molecule has 1 atom stereocenters. The number of ether oxygens (including phenoxy) is 2. The second-order valence-electron chi connectivity index (χ2n) is 8.36. The summed E-state index contributed by atoms with van der Waals surface area (Å²) in [5, 5.41) is 20.7. The molecule has 2 aromatic carbocycles. The van der Waals surface area contributed by atoms with Crippen LogP contribution in [0.3, 0.4) is 0 Å². The molecule has 1 N–H and O–H groups in total. The molecule has 10 nitrogen and oxygen atoms in total. The number of thiazole rings is 1. The zero-order chi connectivity index (χ0) is 28.1. The van der Waals surface area contributed by atoms with Gasteiger partial charge in [-0.3, -0.25) is 19.5 Å². The fourth-order valence-corrected chi connectivity index (χ4v) is 6.02. The Bertz CT molecular complexity index is 1610. The van der Waals surface area contributed by atoms with E-state index in [-0.39, 0.29) is 30.0 Å². The van der Waals surface area contributed by atoms with Crippen LogP contribution in [-0.2, 0) is 9.53 Å². The number of allylic oxidation sites excluding steroid dienone is 1. The second-order valence-corrected chi connectivity index (χ2v) is 10.5. The summed E-state index contributed by atoms with van der Waals surface area (Å²) in [5.41, 5.74) is 1.38. The number of thioether (sulfide) groups is 1. The monoisotopic (exact) mass is 569 g/mol. The van der Waals surface area contributed by atoms with E-state index in [1.165, 1.54) is 22.4 Å². The van der Waals surface area contributed by atoms with Crippen LogP contribution in [0.15, 0.2) is 68.4 Å². The highest BCUT2D eigenvalue weighted by atomic mass is 32.2. The highest BCUT2D eigenvalue weighted by Gasteiger charge is 2.33. The maximum absolute atomic E-state index is 13.7. The van der Waals surface area contributed by atoms with E-state index in [1.54, 1.807) is 56.3 Å². The molecular formula is C27H27N3O7S2. The molecular weight excluding hydrogens is 542 g/mol. The molecule has 1 aliphatic heterocycles. The summed E-state index contributed by atoms with van der Waals surface area (Å²) >= 11 is 2.32. The quantitative estimate of drug-likeness (QED) is 0.170. The maximum atomic E-state index is 13.7. The molecule has 0 aliphatic carbocycles. The van der Waals surface area contributed by atoms with Crippen molar-refractivity contribution in [1.29, 1.82) is 0 Å². The molecule has 204 valence electrons. The van der Waals surface area contributed by atoms with Crippen molar-refractivity contribution in [3.8, 4) is 5.75 Å². The Morgan fingerprint density at radius 3 is 2.62 bits per heavy atom. The third kappa shape index (κ3) is 5.97. The Hall–Kier alpha value is -3.74. The normalized spacial score (nSPS) is 15.1. The van der Waals surface area contributed by atoms with Crippen molar-refractivity contribution in [3.63, 3.8) is 0 Å². The van der Waals surface area contributed by atoms with E-state index >= 15 is 0 Å². The van der Waals surface area contributed by atoms with Crippen LogP contribution in [0, 0.1) is 10.1 Å². The predicted octanol–water partition coefficient (Wildman–Crippen LogP) is 3.19. The lowest BCUT2D eigenvalue weighted by Gasteiger charge is -2.24. The number of aliphatic hydroxyl groups excluding tert-OH is 1. The average Bonchev–Trinajstić information content (AvgIpc) is 3.21. The molecule has 0 saturated heterocycles. The number of nitrogens with zero attached hydrogens (tertiary/aromatic N) is 3. The molecule has 0 unspecified atom stereocenters. The van der Waals surface area contributed by atoms with Gasteiger partial charge in [0, 0.05) is 11.8 Å². The first-order valence-electron chi connectivity index (χ1n) is 12.2. The Labute approximate surface area is 232 Å². The largest absolute Gasteiger partial charge is 0.494 e. The number of aliphatic hydroxyl groups is 1. The fraction of sp³-hybridized carbons (Fsp3) is 0.296. The lowest BCUT2D eigenvalue weighted by molar-refractivity contribution is -0.387. The summed E-state index contributed by atoms with van der Waals surface area (Å²) in [4.78, 5) is 43.3. The Balaban J connectivity index is 1.87. The first-order chi connectivity index (χ1) is 18.8. The van der Waals surface area contributed by atoms with Gasteiger partial charge in [0.15, 0.2) is 4.80 Å². The minimum absolute atomic E-state index is 0.104. The number of nitro benzene ring substituents is 1. The average molecular weight is 570 g/mol. The van der Waals surface area contributed by atoms with Gasteiger partial charge in [-0.2, -0.15) is 0 Å². The van der Waals surface area contributed by atoms with Crippen LogP contribution in [0.4, 0.5) is 5.69 Å². The lowest BCUT2D eigenvalue weighted by atomic mass is 9.96. The van der Waals surface area contributed by atoms with Gasteiger partial charge in [-0.1, -0.05) is 29.5 Å². The van der Waals surface area contributed by atoms with Crippen molar-refractivity contribution in [2.24, 2.45) is 4.99 Å². The van der Waals surface area contributed by atoms with Crippen LogP contribution in [0.25, 0.3) is 6.08 Å². The van der Waals surface area contributed by atoms with Crippen molar-refractivity contribution in [1.82, 2.24) is 4.57 Å². The Kier molecular flexibility index (Phi) is 9.00. The number of esters is 1. The van der Waals surface area contributed by atoms with Gasteiger partial charge in [0.05, 0.1) is 51.5 Å². The van der Waals surface area contributed by atoms with Gasteiger partial charge in [0.1, 0.15) is 5.75 Å². The highest BCUT2D eigenvalue weighted by Crippen LogP contribution is 2.32. The van der Waals surface area contributed by atoms with Crippen LogP contribution in [0.2, 0.25) is 0 Å². The number of fused-ring (bicyclic) bond motifs is 1. The van der Waals surface area contributed by atoms with Gasteiger partial charge >= 0.3 is 5.97 Å². The smallest absolute Gasteiger partial charge is 0.338 e. The van der Waals surface area contributed by atoms with Gasteiger partial charge in [-0.25, -0.2) is 9.79 Å². The number of rotatable bonds is 10. The van der Waals surface area contributed by atoms with E-state index in [2.05, 4.69) is 4.99 Å². The minimum atomic E-state index is -0.773. The van der Waals surface area contributed by atoms with E-state index in [9.17, 15) is 19.7 Å². The number of nitro groups is 1. The summed E-state index contributed by atoms with van der Waals surface area (Å²) < 4.78 is 12.6. The van der Waals surface area contributed by atoms with Gasteiger partial charge in [0.25, 0.3) is 11.2 Å². The zero-order valence-corrected chi connectivity index (χ0v) is 23.2. The minimum Gasteiger partial charge on any atom is -0.494 e. The molecule has 0 radical (unpaired) electrons. The molecule has 0 saturated carbocycles. The maximum Gasteiger partial charge on any atom is 0.338 e. The number of carbonyl (C=O) groups is 1. The van der Waals surface area contributed by atoms with Gasteiger partial charge in [0.2, 0.25) is 0 Å². The second kappa shape index (κ2) is 12.4. The van der Waals surface area contributed by atoms with E-state index in [0.29, 0.717) is 49.2 Å². The van der Waals surface area contributed by atoms with Crippen molar-refractivity contribution in [3.05, 3.63) is 94.7 Å².